The first-order chi connectivity index (χ1) is 41.9. The van der Waals surface area contributed by atoms with E-state index in [9.17, 15) is 4.79 Å². The van der Waals surface area contributed by atoms with E-state index >= 15 is 0 Å². The van der Waals surface area contributed by atoms with Gasteiger partial charge in [-0.05, 0) is 130 Å². The zero-order chi connectivity index (χ0) is 60.3. The molecule has 1 amide bonds. The van der Waals surface area contributed by atoms with Gasteiger partial charge < -0.3 is 39.5 Å². The average molecular weight is 1220 g/mol. The number of para-hydroxylation sites is 2. The van der Waals surface area contributed by atoms with Gasteiger partial charge in [-0.15, -0.1) is 0 Å². The number of ether oxygens (including phenoxy) is 3. The van der Waals surface area contributed by atoms with Crippen molar-refractivity contribution < 1.29 is 28.3 Å². The van der Waals surface area contributed by atoms with Crippen molar-refractivity contribution in [1.82, 2.24) is 34.4 Å². The molecule has 4 aromatic heterocycles. The third-order valence-electron chi connectivity index (χ3n) is 16.8. The van der Waals surface area contributed by atoms with E-state index < -0.39 is 24.4 Å². The second-order valence-corrected chi connectivity index (χ2v) is 25.5. The third-order valence-corrected chi connectivity index (χ3v) is 17.5. The maximum Gasteiger partial charge on any atom is 0.494 e. The van der Waals surface area contributed by atoms with Crippen molar-refractivity contribution in [2.45, 2.75) is 83.1 Å². The molecule has 0 unspecified atom stereocenters. The largest absolute Gasteiger partial charge is 0.494 e. The van der Waals surface area contributed by atoms with Crippen molar-refractivity contribution in [2.75, 3.05) is 37.1 Å². The number of alkyl carbamates (subject to hydrolysis) is 1. The number of nitrogens with one attached hydrogen (secondary N) is 3. The van der Waals surface area contributed by atoms with Crippen molar-refractivity contribution >= 4 is 57.6 Å². The predicted molar refractivity (Wildman–Crippen MR) is 346 cm³/mol. The van der Waals surface area contributed by atoms with E-state index in [2.05, 4.69) is 149 Å². The number of halogens is 1. The lowest BCUT2D eigenvalue weighted by molar-refractivity contribution is -0.0797. The van der Waals surface area contributed by atoms with E-state index in [0.717, 1.165) is 120 Å². The molecule has 5 aliphatic heterocycles. The summed E-state index contributed by atoms with van der Waals surface area (Å²) in [5, 5.41) is 9.93. The van der Waals surface area contributed by atoms with Crippen LogP contribution in [0.3, 0.4) is 0 Å². The minimum atomic E-state index is -0.559. The summed E-state index contributed by atoms with van der Waals surface area (Å²) >= 11 is 3.78. The molecular formula is C70H67BBrN9O6. The molecule has 0 aliphatic carbocycles. The number of hydrogen-bond donors (Lipinski definition) is 3. The highest BCUT2D eigenvalue weighted by molar-refractivity contribution is 9.10. The Labute approximate surface area is 515 Å². The molecule has 3 fully saturated rings. The fraction of sp³-hybridized carbons (Fsp3) is 0.243. The Morgan fingerprint density at radius 3 is 1.56 bits per heavy atom. The summed E-state index contributed by atoms with van der Waals surface area (Å²) in [6.45, 7) is 18.3. The standard InChI is InChI=1S/C30H24N4O.C20H30BNO5.C20H13BrN4/c1-30(18-35-19-30)22-15-13-21(14-16-22)27-26(20-8-3-2-4-9-20)33-29-23-10-5-6-11-24(23)32-28-25(34(27)29)12-7-17-31-28;1-17(2,3)25-16(23)22-20(12-24-13-20)14-8-10-15(11-9-14)21-26-18(4,5)19(6,7)27-21;21-18-17(13-7-2-1-3-8-13)24-20-14-9-4-5-10-15(14)23-19-16(25(18)20)11-6-12-22-19/h2-17H,18-19H2,1H3,(H,31,32);8-11H,12-13H2,1-7H3,(H,22,23);1-12H,(H,22,23). The van der Waals surface area contributed by atoms with Crippen LogP contribution < -0.4 is 21.4 Å². The van der Waals surface area contributed by atoms with Gasteiger partial charge in [-0.3, -0.25) is 9.13 Å². The van der Waals surface area contributed by atoms with Crippen LogP contribution in [0.1, 0.15) is 66.5 Å². The van der Waals surface area contributed by atoms with Gasteiger partial charge in [0.25, 0.3) is 0 Å². The first kappa shape index (κ1) is 57.4. The van der Waals surface area contributed by atoms with Gasteiger partial charge in [0.1, 0.15) is 33.1 Å². The topological polar surface area (TPSA) is 161 Å². The van der Waals surface area contributed by atoms with Crippen molar-refractivity contribution in [2.24, 2.45) is 0 Å². The molecule has 0 radical (unpaired) electrons. The van der Waals surface area contributed by atoms with Gasteiger partial charge in [0.2, 0.25) is 0 Å². The summed E-state index contributed by atoms with van der Waals surface area (Å²) in [5.74, 6) is 3.41. The van der Waals surface area contributed by atoms with E-state index in [4.69, 9.17) is 33.5 Å². The summed E-state index contributed by atoms with van der Waals surface area (Å²) in [7, 11) is -0.406. The molecule has 10 aromatic rings. The second-order valence-electron chi connectivity index (χ2n) is 24.7. The Morgan fingerprint density at radius 2 is 1.05 bits per heavy atom. The Bertz CT molecular complexity index is 4160. The summed E-state index contributed by atoms with van der Waals surface area (Å²) < 4.78 is 33.8. The van der Waals surface area contributed by atoms with Crippen molar-refractivity contribution in [3.8, 4) is 67.9 Å². The van der Waals surface area contributed by atoms with Gasteiger partial charge in [0.15, 0.2) is 11.6 Å². The van der Waals surface area contributed by atoms with E-state index in [0.29, 0.717) is 13.2 Å². The van der Waals surface area contributed by atoms with Gasteiger partial charge in [0.05, 0.1) is 71.8 Å². The molecule has 0 saturated carbocycles. The molecule has 0 atom stereocenters. The van der Waals surface area contributed by atoms with Gasteiger partial charge in [-0.1, -0.05) is 140 Å². The average Bonchev–Trinajstić information content (AvgIpc) is 1.91. The summed E-state index contributed by atoms with van der Waals surface area (Å²) in [4.78, 5) is 31.7. The van der Waals surface area contributed by atoms with Gasteiger partial charge >= 0.3 is 13.2 Å². The first-order valence-electron chi connectivity index (χ1n) is 29.3. The Balaban J connectivity index is 0.000000123. The van der Waals surface area contributed by atoms with Crippen LogP contribution in [0.25, 0.3) is 67.9 Å². The van der Waals surface area contributed by atoms with Crippen LogP contribution in [-0.2, 0) is 34.5 Å². The summed E-state index contributed by atoms with van der Waals surface area (Å²) in [5.41, 5.74) is 13.7. The Morgan fingerprint density at radius 1 is 0.563 bits per heavy atom. The summed E-state index contributed by atoms with van der Waals surface area (Å²) in [6.07, 6.45) is 3.17. The minimum absolute atomic E-state index is 0.0918. The molecule has 17 heteroatoms. The van der Waals surface area contributed by atoms with E-state index in [1.807, 2.05) is 146 Å². The molecule has 3 N–H and O–H groups in total. The smallest absolute Gasteiger partial charge is 0.444 e. The van der Waals surface area contributed by atoms with Crippen molar-refractivity contribution in [1.29, 1.82) is 0 Å². The van der Waals surface area contributed by atoms with E-state index in [1.165, 1.54) is 5.56 Å². The fourth-order valence-corrected chi connectivity index (χ4v) is 12.0. The zero-order valence-electron chi connectivity index (χ0n) is 49.9. The number of carbonyl (C=O) groups excluding carboxylic acids is 1. The number of amides is 1. The van der Waals surface area contributed by atoms with E-state index in [-0.39, 0.29) is 16.6 Å². The van der Waals surface area contributed by atoms with Crippen molar-refractivity contribution in [3.63, 3.8) is 0 Å². The van der Waals surface area contributed by atoms with Crippen LogP contribution in [0.4, 0.5) is 27.8 Å². The normalized spacial score (nSPS) is 16.5. The monoisotopic (exact) mass is 1220 g/mol. The molecule has 6 aromatic carbocycles. The van der Waals surface area contributed by atoms with Gasteiger partial charge in [0, 0.05) is 45.6 Å². The molecule has 438 valence electrons. The number of fused-ring (bicyclic) bond motifs is 10. The highest BCUT2D eigenvalue weighted by atomic mass is 79.9. The Hall–Kier alpha value is -8.71. The lowest BCUT2D eigenvalue weighted by Crippen LogP contribution is -2.60. The maximum absolute atomic E-state index is 12.2. The van der Waals surface area contributed by atoms with Crippen LogP contribution in [0, 0.1) is 0 Å². The van der Waals surface area contributed by atoms with Crippen LogP contribution in [-0.4, -0.2) is 85.5 Å². The number of imidazole rings is 2. The van der Waals surface area contributed by atoms with Crippen LogP contribution in [0.15, 0.2) is 199 Å². The fourth-order valence-electron chi connectivity index (χ4n) is 11.3. The number of aromatic nitrogens is 6. The molecule has 9 heterocycles. The van der Waals surface area contributed by atoms with Gasteiger partial charge in [-0.25, -0.2) is 24.7 Å². The number of benzene rings is 6. The zero-order valence-corrected chi connectivity index (χ0v) is 51.5. The van der Waals surface area contributed by atoms with Crippen molar-refractivity contribution in [3.05, 3.63) is 210 Å². The van der Waals surface area contributed by atoms with Crippen LogP contribution in [0.5, 0.6) is 0 Å². The number of anilines is 4. The van der Waals surface area contributed by atoms with Gasteiger partial charge in [-0.2, -0.15) is 0 Å². The maximum atomic E-state index is 12.2. The minimum Gasteiger partial charge on any atom is -0.444 e. The molecule has 0 spiro atoms. The number of rotatable bonds is 7. The number of carbonyl (C=O) groups is 1. The molecule has 15 nitrogen and oxygen atoms in total. The Kier molecular flexibility index (Phi) is 14.9. The molecular weight excluding hydrogens is 1150 g/mol. The summed E-state index contributed by atoms with van der Waals surface area (Å²) in [6, 6.07) is 62.0. The molecule has 0 bridgehead atoms. The highest BCUT2D eigenvalue weighted by Gasteiger charge is 2.52. The third kappa shape index (κ3) is 10.9. The second kappa shape index (κ2) is 22.5. The van der Waals surface area contributed by atoms with E-state index in [1.54, 1.807) is 6.20 Å². The molecule has 3 saturated heterocycles. The lowest BCUT2D eigenvalue weighted by atomic mass is 9.77. The first-order valence-corrected chi connectivity index (χ1v) is 30.1. The lowest BCUT2D eigenvalue weighted by Gasteiger charge is -2.42. The molecule has 87 heavy (non-hydrogen) atoms. The number of hydrogen-bond acceptors (Lipinski definition) is 12. The molecule has 15 rings (SSSR count). The quantitative estimate of drug-likeness (QED) is 0.130. The number of nitrogens with zero attached hydrogens (tertiary/aromatic N) is 6. The highest BCUT2D eigenvalue weighted by Crippen LogP contribution is 2.46. The van der Waals surface area contributed by atoms with Crippen LogP contribution >= 0.6 is 15.9 Å². The number of pyridine rings is 2. The molecule has 5 aliphatic rings. The van der Waals surface area contributed by atoms with Crippen LogP contribution in [0.2, 0.25) is 0 Å². The SMILES string of the molecule is Brc1c(-c2ccccc2)nc2n1-c1cccnc1Nc1ccccc1-2.CC(C)(C)OC(=O)NC1(c2ccc(B3OC(C)(C)C(C)(C)O3)cc2)COC1.CC1(c2ccc(-c3c(-c4ccccc4)nc4n3-c3cccnc3Nc3ccccc3-4)cc2)COC1. The predicted octanol–water partition coefficient (Wildman–Crippen LogP) is 14.8.